The molecule has 0 aromatic heterocycles. The summed E-state index contributed by atoms with van der Waals surface area (Å²) in [5.41, 5.74) is 3.84. The maximum absolute atomic E-state index is 12.2. The highest BCUT2D eigenvalue weighted by atomic mass is 16.6. The van der Waals surface area contributed by atoms with Gasteiger partial charge in [-0.3, -0.25) is 0 Å². The van der Waals surface area contributed by atoms with Gasteiger partial charge in [0, 0.05) is 6.08 Å². The van der Waals surface area contributed by atoms with Crippen LogP contribution in [0.15, 0.2) is 36.4 Å². The highest BCUT2D eigenvalue weighted by Gasteiger charge is 2.13. The van der Waals surface area contributed by atoms with Crippen molar-refractivity contribution in [1.82, 2.24) is 0 Å². The number of benzene rings is 2. The van der Waals surface area contributed by atoms with Gasteiger partial charge in [-0.15, -0.1) is 0 Å². The molecule has 0 fully saturated rings. The summed E-state index contributed by atoms with van der Waals surface area (Å²) in [5, 5.41) is 8.59. The molecule has 2 aromatic rings. The maximum Gasteiger partial charge on any atom is 0.349 e. The molecule has 0 heterocycles. The van der Waals surface area contributed by atoms with E-state index in [1.54, 1.807) is 24.3 Å². The Morgan fingerprint density at radius 2 is 1.85 bits per heavy atom. The second kappa shape index (κ2) is 8.72. The molecule has 0 aliphatic heterocycles. The van der Waals surface area contributed by atoms with Crippen molar-refractivity contribution in [3.63, 3.8) is 0 Å². The van der Waals surface area contributed by atoms with Crippen LogP contribution < -0.4 is 14.2 Å². The van der Waals surface area contributed by atoms with E-state index in [0.717, 1.165) is 22.3 Å². The second-order valence-electron chi connectivity index (χ2n) is 5.79. The van der Waals surface area contributed by atoms with E-state index in [0.29, 0.717) is 17.2 Å². The Bertz CT molecular complexity index is 878. The summed E-state index contributed by atoms with van der Waals surface area (Å²) >= 11 is 0. The average molecular weight is 351 g/mol. The van der Waals surface area contributed by atoms with Crippen LogP contribution in [0, 0.1) is 32.1 Å². The molecule has 0 saturated heterocycles. The van der Waals surface area contributed by atoms with Crippen molar-refractivity contribution in [2.45, 2.75) is 20.8 Å². The molecule has 0 aliphatic carbocycles. The molecule has 2 rings (SSSR count). The number of rotatable bonds is 6. The largest absolute Gasteiger partial charge is 0.493 e. The van der Waals surface area contributed by atoms with E-state index in [1.165, 1.54) is 13.2 Å². The monoisotopic (exact) mass is 351 g/mol. The van der Waals surface area contributed by atoms with Crippen molar-refractivity contribution in [2.24, 2.45) is 0 Å². The van der Waals surface area contributed by atoms with Gasteiger partial charge in [-0.25, -0.2) is 4.79 Å². The lowest BCUT2D eigenvalue weighted by Crippen LogP contribution is -2.18. The van der Waals surface area contributed by atoms with Crippen LogP contribution in [0.4, 0.5) is 0 Å². The van der Waals surface area contributed by atoms with Gasteiger partial charge in [-0.05, 0) is 61.2 Å². The van der Waals surface area contributed by atoms with Gasteiger partial charge in [-0.1, -0.05) is 18.2 Å². The second-order valence-corrected chi connectivity index (χ2v) is 5.79. The summed E-state index contributed by atoms with van der Waals surface area (Å²) in [4.78, 5) is 12.2. The fourth-order valence-corrected chi connectivity index (χ4v) is 2.44. The lowest BCUT2D eigenvalue weighted by molar-refractivity contribution is -0.136. The minimum Gasteiger partial charge on any atom is -0.493 e. The molecule has 0 spiro atoms. The zero-order chi connectivity index (χ0) is 19.1. The van der Waals surface area contributed by atoms with Crippen LogP contribution in [0.1, 0.15) is 22.3 Å². The van der Waals surface area contributed by atoms with Gasteiger partial charge in [0.15, 0.2) is 18.1 Å². The first-order valence-corrected chi connectivity index (χ1v) is 8.10. The van der Waals surface area contributed by atoms with Gasteiger partial charge in [0.2, 0.25) is 0 Å². The molecule has 0 amide bonds. The van der Waals surface area contributed by atoms with E-state index in [1.807, 2.05) is 39.0 Å². The Balaban J connectivity index is 2.08. The Morgan fingerprint density at radius 1 is 1.12 bits per heavy atom. The van der Waals surface area contributed by atoms with Crippen molar-refractivity contribution < 1.29 is 19.0 Å². The van der Waals surface area contributed by atoms with Gasteiger partial charge in [0.1, 0.15) is 5.75 Å². The zero-order valence-electron chi connectivity index (χ0n) is 15.3. The van der Waals surface area contributed by atoms with E-state index >= 15 is 0 Å². The van der Waals surface area contributed by atoms with Crippen molar-refractivity contribution >= 4 is 12.0 Å². The van der Waals surface area contributed by atoms with Crippen molar-refractivity contribution in [2.75, 3.05) is 13.7 Å². The summed E-state index contributed by atoms with van der Waals surface area (Å²) in [6, 6.07) is 10.9. The number of nitrogens with zero attached hydrogens (tertiary/aromatic N) is 1. The molecule has 0 radical (unpaired) electrons. The molecule has 5 heteroatoms. The molecule has 26 heavy (non-hydrogen) atoms. The van der Waals surface area contributed by atoms with Crippen molar-refractivity contribution in [3.8, 4) is 23.3 Å². The summed E-state index contributed by atoms with van der Waals surface area (Å²) in [6.07, 6.45) is 3.00. The van der Waals surface area contributed by atoms with Crippen LogP contribution in [0.25, 0.3) is 6.08 Å². The normalized spacial score (nSPS) is 10.4. The summed E-state index contributed by atoms with van der Waals surface area (Å²) in [7, 11) is 1.49. The Kier molecular flexibility index (Phi) is 6.40. The number of methoxy groups -OCH3 is 1. The summed E-state index contributed by atoms with van der Waals surface area (Å²) in [5.74, 6) is 0.879. The number of hydrogen-bond acceptors (Lipinski definition) is 5. The van der Waals surface area contributed by atoms with Gasteiger partial charge in [0.25, 0.3) is 0 Å². The first-order valence-electron chi connectivity index (χ1n) is 8.10. The predicted octanol–water partition coefficient (Wildman–Crippen LogP) is 4.14. The highest BCUT2D eigenvalue weighted by Crippen LogP contribution is 2.29. The zero-order valence-corrected chi connectivity index (χ0v) is 15.3. The number of aryl methyl sites for hydroxylation is 2. The predicted molar refractivity (Wildman–Crippen MR) is 99.4 cm³/mol. The van der Waals surface area contributed by atoms with Crippen LogP contribution in [-0.2, 0) is 4.79 Å². The van der Waals surface area contributed by atoms with Crippen LogP contribution >= 0.6 is 0 Å². The number of carbonyl (C=O) groups is 1. The molecule has 134 valence electrons. The number of ether oxygens (including phenoxy) is 3. The average Bonchev–Trinajstić information content (AvgIpc) is 2.64. The molecular weight excluding hydrogens is 330 g/mol. The Labute approximate surface area is 153 Å². The lowest BCUT2D eigenvalue weighted by Gasteiger charge is -2.14. The van der Waals surface area contributed by atoms with Gasteiger partial charge in [-0.2, -0.15) is 5.26 Å². The van der Waals surface area contributed by atoms with Crippen molar-refractivity contribution in [3.05, 3.63) is 58.7 Å². The topological polar surface area (TPSA) is 68.5 Å². The van der Waals surface area contributed by atoms with Crippen LogP contribution in [0.5, 0.6) is 17.2 Å². The molecule has 0 unspecified atom stereocenters. The molecule has 0 N–H and O–H groups in total. The third-order valence-corrected chi connectivity index (χ3v) is 3.97. The lowest BCUT2D eigenvalue weighted by atomic mass is 10.1. The fraction of sp³-hybridized carbons (Fsp3) is 0.238. The molecule has 2 aromatic carbocycles. The van der Waals surface area contributed by atoms with Crippen molar-refractivity contribution in [1.29, 1.82) is 5.26 Å². The van der Waals surface area contributed by atoms with E-state index in [4.69, 9.17) is 19.5 Å². The smallest absolute Gasteiger partial charge is 0.349 e. The third kappa shape index (κ3) is 4.64. The Hall–Kier alpha value is -3.26. The molecule has 5 nitrogen and oxygen atoms in total. The standard InChI is InChI=1S/C21H21NO4/c1-14-7-8-15(2)21(16(14)3)25-13-20(23)26-18-10-9-17(6-5-11-22)12-19(18)24-4/h5-10,12H,13H2,1-4H3/b6-5-. The summed E-state index contributed by atoms with van der Waals surface area (Å²) < 4.78 is 16.3. The molecule has 0 saturated carbocycles. The SMILES string of the molecule is COc1cc(/C=C\C#N)ccc1OC(=O)COc1c(C)ccc(C)c1C. The number of hydrogen-bond donors (Lipinski definition) is 0. The van der Waals surface area contributed by atoms with E-state index < -0.39 is 5.97 Å². The third-order valence-electron chi connectivity index (χ3n) is 3.97. The minimum atomic E-state index is -0.524. The maximum atomic E-state index is 12.2. The van der Waals surface area contributed by atoms with Gasteiger partial charge >= 0.3 is 5.97 Å². The van der Waals surface area contributed by atoms with Crippen LogP contribution in [0.2, 0.25) is 0 Å². The van der Waals surface area contributed by atoms with E-state index in [2.05, 4.69) is 0 Å². The number of carbonyl (C=O) groups excluding carboxylic acids is 1. The first-order chi connectivity index (χ1) is 12.5. The number of esters is 1. The first kappa shape index (κ1) is 19.1. The van der Waals surface area contributed by atoms with E-state index in [-0.39, 0.29) is 6.61 Å². The van der Waals surface area contributed by atoms with Crippen LogP contribution in [0.3, 0.4) is 0 Å². The Morgan fingerprint density at radius 3 is 2.54 bits per heavy atom. The minimum absolute atomic E-state index is 0.204. The highest BCUT2D eigenvalue weighted by molar-refractivity contribution is 5.75. The van der Waals surface area contributed by atoms with Gasteiger partial charge in [0.05, 0.1) is 13.2 Å². The number of nitriles is 1. The quantitative estimate of drug-likeness (QED) is 0.444. The van der Waals surface area contributed by atoms with Gasteiger partial charge < -0.3 is 14.2 Å². The van der Waals surface area contributed by atoms with Crippen LogP contribution in [-0.4, -0.2) is 19.7 Å². The molecule has 0 atom stereocenters. The molecule has 0 aliphatic rings. The molecular formula is C21H21NO4. The summed E-state index contributed by atoms with van der Waals surface area (Å²) in [6.45, 7) is 5.68. The molecule has 0 bridgehead atoms. The number of allylic oxidation sites excluding steroid dienone is 1. The fourth-order valence-electron chi connectivity index (χ4n) is 2.44. The van der Waals surface area contributed by atoms with E-state index in [9.17, 15) is 4.79 Å².